The number of fused-ring (bicyclic) bond motifs is 12. The third-order valence-corrected chi connectivity index (χ3v) is 21.8. The van der Waals surface area contributed by atoms with Gasteiger partial charge in [-0.15, -0.1) is 34.0 Å². The summed E-state index contributed by atoms with van der Waals surface area (Å²) in [5.41, 5.74) is 27.4. The number of hydrogen-bond acceptors (Lipinski definition) is 3. The standard InChI is InChI=1S/C69H84S3/c1-10-19-22-25-28-46-37-58(70-43-46)49-31-34-55-52(40-49)61-64(67(55,13-4)14-5)62-54-42-51(60-39-48(45-72-60)30-27-24-21-12-3)33-36-57(54)69(17-8,18-9)66(62)63-53-41-50(32-35-56(53)68(15-6,16-7)65(61)63)59-38-47(44-71-59)29-26-23-20-11-2/h31-45H,10-30H2,1-9H3. The fraction of sp³-hybridized carbons (Fsp3) is 0.478. The maximum atomic E-state index is 2.69. The molecule has 4 aromatic carbocycles. The van der Waals surface area contributed by atoms with E-state index in [0.29, 0.717) is 0 Å². The second-order valence-corrected chi connectivity index (χ2v) is 25.0. The third-order valence-electron chi connectivity index (χ3n) is 18.7. The zero-order valence-corrected chi connectivity index (χ0v) is 48.2. The third kappa shape index (κ3) is 8.41. The number of thiophene rings is 3. The van der Waals surface area contributed by atoms with Gasteiger partial charge in [-0.2, -0.15) is 0 Å². The molecule has 0 unspecified atom stereocenters. The second-order valence-electron chi connectivity index (χ2n) is 22.3. The first-order valence-corrected chi connectivity index (χ1v) is 31.8. The van der Waals surface area contributed by atoms with Crippen LogP contribution in [0.5, 0.6) is 0 Å². The van der Waals surface area contributed by atoms with Crippen LogP contribution in [0.2, 0.25) is 0 Å². The molecule has 0 aliphatic heterocycles. The summed E-state index contributed by atoms with van der Waals surface area (Å²) in [5.74, 6) is 0. The van der Waals surface area contributed by atoms with E-state index in [0.717, 1.165) is 38.5 Å². The van der Waals surface area contributed by atoms with Crippen molar-refractivity contribution in [1.29, 1.82) is 0 Å². The molecule has 0 saturated heterocycles. The van der Waals surface area contributed by atoms with E-state index in [9.17, 15) is 0 Å². The maximum Gasteiger partial charge on any atom is 0.0345 e. The lowest BCUT2D eigenvalue weighted by atomic mass is 9.65. The van der Waals surface area contributed by atoms with Gasteiger partial charge in [-0.25, -0.2) is 0 Å². The zero-order valence-electron chi connectivity index (χ0n) is 45.7. The zero-order chi connectivity index (χ0) is 50.2. The monoisotopic (exact) mass is 1010 g/mol. The van der Waals surface area contributed by atoms with Crippen molar-refractivity contribution in [3.63, 3.8) is 0 Å². The Morgan fingerprint density at radius 1 is 0.319 bits per heavy atom. The number of hydrogen-bond donors (Lipinski definition) is 0. The Kier molecular flexibility index (Phi) is 15.5. The van der Waals surface area contributed by atoms with E-state index >= 15 is 0 Å². The highest BCUT2D eigenvalue weighted by molar-refractivity contribution is 7.14. The van der Waals surface area contributed by atoms with Crippen molar-refractivity contribution in [2.75, 3.05) is 0 Å². The Hall–Kier alpha value is -4.02. The van der Waals surface area contributed by atoms with Gasteiger partial charge in [0.25, 0.3) is 0 Å². The van der Waals surface area contributed by atoms with Crippen LogP contribution in [0.15, 0.2) is 88.9 Å². The first-order chi connectivity index (χ1) is 35.2. The Bertz CT molecular complexity index is 2670. The molecule has 378 valence electrons. The van der Waals surface area contributed by atoms with E-state index in [1.54, 1.807) is 50.1 Å². The Morgan fingerprint density at radius 2 is 0.597 bits per heavy atom. The SMILES string of the molecule is CCCCCCc1csc(-c2ccc3c(c2)-c2c(c4c(c5c2C(CC)(CC)c2ccc(-c6cc(CCCCCC)cs6)cc2-5)C(CC)(CC)c2ccc(-c5cc(CCCCCC)cs5)cc2-4)C3(CC)CC)c1. The van der Waals surface area contributed by atoms with E-state index in [4.69, 9.17) is 0 Å². The smallest absolute Gasteiger partial charge is 0.0345 e. The molecule has 0 fully saturated rings. The highest BCUT2D eigenvalue weighted by atomic mass is 32.1. The fourth-order valence-electron chi connectivity index (χ4n) is 14.6. The summed E-state index contributed by atoms with van der Waals surface area (Å²) in [5, 5.41) is 7.37. The van der Waals surface area contributed by atoms with Gasteiger partial charge in [0, 0.05) is 30.9 Å². The number of benzene rings is 4. The topological polar surface area (TPSA) is 0 Å². The van der Waals surface area contributed by atoms with Crippen LogP contribution >= 0.6 is 34.0 Å². The maximum absolute atomic E-state index is 2.69. The predicted molar refractivity (Wildman–Crippen MR) is 320 cm³/mol. The average molecular weight is 1010 g/mol. The summed E-state index contributed by atoms with van der Waals surface area (Å²) >= 11 is 5.89. The van der Waals surface area contributed by atoms with Gasteiger partial charge in [0.2, 0.25) is 0 Å². The lowest BCUT2D eigenvalue weighted by Crippen LogP contribution is -2.29. The van der Waals surface area contributed by atoms with Gasteiger partial charge in [0.05, 0.1) is 0 Å². The van der Waals surface area contributed by atoms with Crippen LogP contribution in [0.1, 0.15) is 228 Å². The molecule has 0 saturated carbocycles. The van der Waals surface area contributed by atoms with E-state index in [2.05, 4.69) is 151 Å². The van der Waals surface area contributed by atoms with Gasteiger partial charge in [-0.3, -0.25) is 0 Å². The molecule has 3 aromatic heterocycles. The van der Waals surface area contributed by atoms with Crippen LogP contribution in [0.25, 0.3) is 64.7 Å². The lowest BCUT2D eigenvalue weighted by Gasteiger charge is -2.37. The molecule has 72 heavy (non-hydrogen) atoms. The minimum Gasteiger partial charge on any atom is -0.144 e. The van der Waals surface area contributed by atoms with E-state index < -0.39 is 0 Å². The molecule has 7 aromatic rings. The van der Waals surface area contributed by atoms with Crippen molar-refractivity contribution < 1.29 is 0 Å². The highest BCUT2D eigenvalue weighted by Gasteiger charge is 2.56. The van der Waals surface area contributed by atoms with Crippen LogP contribution in [0, 0.1) is 0 Å². The van der Waals surface area contributed by atoms with Crippen molar-refractivity contribution in [1.82, 2.24) is 0 Å². The molecule has 0 radical (unpaired) electrons. The van der Waals surface area contributed by atoms with Gasteiger partial charge in [0.1, 0.15) is 0 Å². The normalized spacial score (nSPS) is 15.1. The molecule has 0 nitrogen and oxygen atoms in total. The van der Waals surface area contributed by atoms with Crippen molar-refractivity contribution in [2.24, 2.45) is 0 Å². The highest BCUT2D eigenvalue weighted by Crippen LogP contribution is 2.71. The first-order valence-electron chi connectivity index (χ1n) is 29.2. The fourth-order valence-corrected chi connectivity index (χ4v) is 17.4. The van der Waals surface area contributed by atoms with Crippen molar-refractivity contribution in [3.8, 4) is 64.7 Å². The molecule has 0 amide bonds. The average Bonchev–Trinajstić information content (AvgIpc) is 4.29. The van der Waals surface area contributed by atoms with Gasteiger partial charge in [-0.1, -0.05) is 156 Å². The molecule has 3 aliphatic carbocycles. The molecule has 3 aliphatic rings. The lowest BCUT2D eigenvalue weighted by molar-refractivity contribution is 0.473. The van der Waals surface area contributed by atoms with E-state index in [1.807, 2.05) is 34.0 Å². The molecular weight excluding hydrogens is 925 g/mol. The van der Waals surface area contributed by atoms with Crippen molar-refractivity contribution >= 4 is 34.0 Å². The number of unbranched alkanes of at least 4 members (excludes halogenated alkanes) is 9. The first kappa shape index (κ1) is 51.5. The van der Waals surface area contributed by atoms with Crippen molar-refractivity contribution in [3.05, 3.63) is 139 Å². The van der Waals surface area contributed by atoms with E-state index in [-0.39, 0.29) is 16.2 Å². The van der Waals surface area contributed by atoms with Gasteiger partial charge < -0.3 is 0 Å². The number of rotatable bonds is 24. The van der Waals surface area contributed by atoms with Crippen LogP contribution < -0.4 is 0 Å². The summed E-state index contributed by atoms with van der Waals surface area (Å²) < 4.78 is 0. The number of aryl methyl sites for hydroxylation is 3. The van der Waals surface area contributed by atoms with Gasteiger partial charge >= 0.3 is 0 Å². The second kappa shape index (κ2) is 21.7. The summed E-state index contributed by atoms with van der Waals surface area (Å²) in [6.07, 6.45) is 25.8. The van der Waals surface area contributed by atoms with Crippen LogP contribution in [-0.4, -0.2) is 0 Å². The van der Waals surface area contributed by atoms with Gasteiger partial charge in [-0.05, 0) is 230 Å². The van der Waals surface area contributed by atoms with Crippen LogP contribution in [0.3, 0.4) is 0 Å². The van der Waals surface area contributed by atoms with Crippen molar-refractivity contribution in [2.45, 2.75) is 213 Å². The molecular formula is C69H84S3. The predicted octanol–water partition coefficient (Wildman–Crippen LogP) is 22.5. The summed E-state index contributed by atoms with van der Waals surface area (Å²) in [6, 6.07) is 31.0. The summed E-state index contributed by atoms with van der Waals surface area (Å²) in [7, 11) is 0. The van der Waals surface area contributed by atoms with E-state index in [1.165, 1.54) is 161 Å². The quantitative estimate of drug-likeness (QED) is 0.0529. The largest absolute Gasteiger partial charge is 0.144 e. The summed E-state index contributed by atoms with van der Waals surface area (Å²) in [6.45, 7) is 22.0. The Balaban J connectivity index is 1.25. The molecule has 0 bridgehead atoms. The molecule has 0 atom stereocenters. The summed E-state index contributed by atoms with van der Waals surface area (Å²) in [4.78, 5) is 4.27. The Morgan fingerprint density at radius 3 is 0.847 bits per heavy atom. The molecule has 0 N–H and O–H groups in total. The molecule has 3 heterocycles. The van der Waals surface area contributed by atoms with Crippen LogP contribution in [0.4, 0.5) is 0 Å². The Labute approximate surface area is 448 Å². The minimum absolute atomic E-state index is 0.0979. The molecule has 3 heteroatoms. The van der Waals surface area contributed by atoms with Crippen LogP contribution in [-0.2, 0) is 35.5 Å². The molecule has 10 rings (SSSR count). The van der Waals surface area contributed by atoms with Gasteiger partial charge in [0.15, 0.2) is 0 Å². The molecule has 0 spiro atoms. The minimum atomic E-state index is -0.0979.